The minimum atomic E-state index is -0.229. The third-order valence-corrected chi connectivity index (χ3v) is 5.32. The fourth-order valence-electron chi connectivity index (χ4n) is 3.78. The van der Waals surface area contributed by atoms with E-state index >= 15 is 0 Å². The number of H-pyrrole nitrogens is 2. The first-order valence-electron chi connectivity index (χ1n) is 9.64. The summed E-state index contributed by atoms with van der Waals surface area (Å²) in [5, 5.41) is 3.58. The van der Waals surface area contributed by atoms with Crippen LogP contribution in [0, 0.1) is 13.8 Å². The first-order chi connectivity index (χ1) is 12.5. The van der Waals surface area contributed by atoms with Crippen molar-refractivity contribution in [2.24, 2.45) is 0 Å². The van der Waals surface area contributed by atoms with Crippen molar-refractivity contribution >= 4 is 16.8 Å². The third-order valence-electron chi connectivity index (χ3n) is 5.32. The van der Waals surface area contributed by atoms with Crippen molar-refractivity contribution in [2.75, 3.05) is 6.61 Å². The molecule has 6 nitrogen and oxygen atoms in total. The van der Waals surface area contributed by atoms with Gasteiger partial charge in [-0.25, -0.2) is 0 Å². The summed E-state index contributed by atoms with van der Waals surface area (Å²) < 4.78 is 5.89. The van der Waals surface area contributed by atoms with Crippen LogP contribution in [0.15, 0.2) is 11.0 Å². The minimum Gasteiger partial charge on any atom is -0.378 e. The molecule has 0 spiro atoms. The number of carbonyl (C=O) groups excluding carboxylic acids is 1. The molecule has 1 saturated carbocycles. The number of nitrogens with one attached hydrogen (secondary N) is 3. The molecule has 1 aliphatic rings. The molecule has 0 unspecified atom stereocenters. The van der Waals surface area contributed by atoms with Crippen molar-refractivity contribution in [3.63, 3.8) is 0 Å². The largest absolute Gasteiger partial charge is 0.378 e. The Labute approximate surface area is 153 Å². The lowest BCUT2D eigenvalue weighted by atomic mass is 9.92. The number of unbranched alkanes of at least 4 members (excludes halogenated alkanes) is 1. The van der Waals surface area contributed by atoms with Crippen LogP contribution in [-0.2, 0) is 4.74 Å². The van der Waals surface area contributed by atoms with Crippen LogP contribution in [0.5, 0.6) is 0 Å². The van der Waals surface area contributed by atoms with Crippen molar-refractivity contribution in [3.05, 3.63) is 33.4 Å². The van der Waals surface area contributed by atoms with E-state index in [0.717, 1.165) is 61.9 Å². The molecule has 3 N–H and O–H groups in total. The molecular formula is C20H29N3O3. The molecule has 142 valence electrons. The van der Waals surface area contributed by atoms with Gasteiger partial charge in [-0.2, -0.15) is 0 Å². The van der Waals surface area contributed by atoms with E-state index in [1.54, 1.807) is 6.20 Å². The fraction of sp³-hybridized carbons (Fsp3) is 0.600. The Bertz CT molecular complexity index is 829. The number of ether oxygens (including phenoxy) is 1. The molecule has 0 atom stereocenters. The van der Waals surface area contributed by atoms with Gasteiger partial charge in [-0.15, -0.1) is 0 Å². The minimum absolute atomic E-state index is 0.141. The second-order valence-corrected chi connectivity index (χ2v) is 7.35. The highest BCUT2D eigenvalue weighted by Gasteiger charge is 2.26. The van der Waals surface area contributed by atoms with Gasteiger partial charge in [0.25, 0.3) is 11.5 Å². The quantitative estimate of drug-likeness (QED) is 0.691. The number of aromatic amines is 2. The molecule has 1 amide bonds. The second kappa shape index (κ2) is 8.08. The maximum absolute atomic E-state index is 12.8. The SMILES string of the molecule is CCCCOC1CCC(NC(=O)c2c(C)[nH]c3c(C)c[nH]c(=O)c23)CC1. The molecule has 26 heavy (non-hydrogen) atoms. The number of amides is 1. The van der Waals surface area contributed by atoms with Gasteiger partial charge in [-0.3, -0.25) is 9.59 Å². The summed E-state index contributed by atoms with van der Waals surface area (Å²) in [5.74, 6) is -0.166. The number of aryl methyl sites for hydroxylation is 2. The summed E-state index contributed by atoms with van der Waals surface area (Å²) in [6.07, 6.45) is 8.01. The predicted octanol–water partition coefficient (Wildman–Crippen LogP) is 3.33. The molecule has 0 aromatic carbocycles. The molecule has 0 saturated heterocycles. The fourth-order valence-corrected chi connectivity index (χ4v) is 3.78. The lowest BCUT2D eigenvalue weighted by Gasteiger charge is -2.29. The second-order valence-electron chi connectivity index (χ2n) is 7.35. The van der Waals surface area contributed by atoms with E-state index in [1.165, 1.54) is 0 Å². The van der Waals surface area contributed by atoms with Crippen molar-refractivity contribution in [1.29, 1.82) is 0 Å². The van der Waals surface area contributed by atoms with E-state index in [1.807, 2.05) is 13.8 Å². The Morgan fingerprint density at radius 1 is 1.27 bits per heavy atom. The zero-order valence-electron chi connectivity index (χ0n) is 15.9. The number of carbonyl (C=O) groups is 1. The van der Waals surface area contributed by atoms with E-state index < -0.39 is 0 Å². The van der Waals surface area contributed by atoms with Crippen molar-refractivity contribution in [2.45, 2.75) is 71.4 Å². The van der Waals surface area contributed by atoms with Crippen LogP contribution < -0.4 is 10.9 Å². The number of hydrogen-bond donors (Lipinski definition) is 3. The van der Waals surface area contributed by atoms with E-state index in [-0.39, 0.29) is 17.5 Å². The normalized spacial score (nSPS) is 20.4. The summed E-state index contributed by atoms with van der Waals surface area (Å²) in [7, 11) is 0. The molecule has 2 aromatic heterocycles. The highest BCUT2D eigenvalue weighted by atomic mass is 16.5. The zero-order valence-corrected chi connectivity index (χ0v) is 15.9. The van der Waals surface area contributed by atoms with Crippen LogP contribution in [0.25, 0.3) is 10.9 Å². The Morgan fingerprint density at radius 2 is 2.00 bits per heavy atom. The number of pyridine rings is 1. The van der Waals surface area contributed by atoms with Crippen molar-refractivity contribution in [3.8, 4) is 0 Å². The highest BCUT2D eigenvalue weighted by molar-refractivity contribution is 6.08. The van der Waals surface area contributed by atoms with Crippen LogP contribution in [0.2, 0.25) is 0 Å². The number of aromatic nitrogens is 2. The molecule has 1 aliphatic carbocycles. The smallest absolute Gasteiger partial charge is 0.258 e. The lowest BCUT2D eigenvalue weighted by Crippen LogP contribution is -2.39. The van der Waals surface area contributed by atoms with Gasteiger partial charge in [-0.05, 0) is 51.5 Å². The highest BCUT2D eigenvalue weighted by Crippen LogP contribution is 2.24. The van der Waals surface area contributed by atoms with Gasteiger partial charge < -0.3 is 20.0 Å². The summed E-state index contributed by atoms with van der Waals surface area (Å²) >= 11 is 0. The van der Waals surface area contributed by atoms with Gasteiger partial charge in [0, 0.05) is 24.5 Å². The summed E-state index contributed by atoms with van der Waals surface area (Å²) in [5.41, 5.74) is 2.63. The third kappa shape index (κ3) is 3.85. The molecular weight excluding hydrogens is 330 g/mol. The lowest BCUT2D eigenvalue weighted by molar-refractivity contribution is 0.0209. The topological polar surface area (TPSA) is 87.0 Å². The van der Waals surface area contributed by atoms with E-state index in [9.17, 15) is 9.59 Å². The van der Waals surface area contributed by atoms with Crippen molar-refractivity contribution < 1.29 is 9.53 Å². The Hall–Kier alpha value is -2.08. The summed E-state index contributed by atoms with van der Waals surface area (Å²) in [6.45, 7) is 6.74. The molecule has 0 bridgehead atoms. The van der Waals surface area contributed by atoms with Gasteiger partial charge in [0.1, 0.15) is 0 Å². The Balaban J connectivity index is 1.67. The summed E-state index contributed by atoms with van der Waals surface area (Å²) in [4.78, 5) is 31.0. The number of fused-ring (bicyclic) bond motifs is 1. The van der Waals surface area contributed by atoms with Gasteiger partial charge in [0.05, 0.1) is 22.6 Å². The van der Waals surface area contributed by atoms with Crippen LogP contribution >= 0.6 is 0 Å². The molecule has 0 radical (unpaired) electrons. The summed E-state index contributed by atoms with van der Waals surface area (Å²) in [6, 6.07) is 0.141. The van der Waals surface area contributed by atoms with E-state index in [2.05, 4.69) is 22.2 Å². The van der Waals surface area contributed by atoms with Crippen LogP contribution in [0.4, 0.5) is 0 Å². The van der Waals surface area contributed by atoms with Gasteiger partial charge in [0.15, 0.2) is 0 Å². The zero-order chi connectivity index (χ0) is 18.7. The Kier molecular flexibility index (Phi) is 5.81. The van der Waals surface area contributed by atoms with Crippen molar-refractivity contribution in [1.82, 2.24) is 15.3 Å². The number of rotatable bonds is 6. The first kappa shape index (κ1) is 18.7. The van der Waals surface area contributed by atoms with Gasteiger partial charge in [-0.1, -0.05) is 13.3 Å². The standard InChI is InChI=1S/C20H29N3O3/c1-4-5-10-26-15-8-6-14(7-9-15)23-20(25)16-13(3)22-18-12(2)11-21-19(24)17(16)18/h11,14-15,22H,4-10H2,1-3H3,(H,21,24)(H,23,25). The monoisotopic (exact) mass is 359 g/mol. The average molecular weight is 359 g/mol. The maximum atomic E-state index is 12.8. The first-order valence-corrected chi connectivity index (χ1v) is 9.64. The molecule has 2 heterocycles. The van der Waals surface area contributed by atoms with E-state index in [4.69, 9.17) is 4.74 Å². The average Bonchev–Trinajstić information content (AvgIpc) is 2.98. The predicted molar refractivity (Wildman–Crippen MR) is 103 cm³/mol. The van der Waals surface area contributed by atoms with Gasteiger partial charge >= 0.3 is 0 Å². The number of hydrogen-bond acceptors (Lipinski definition) is 3. The van der Waals surface area contributed by atoms with Crippen LogP contribution in [0.3, 0.4) is 0 Å². The van der Waals surface area contributed by atoms with Gasteiger partial charge in [0.2, 0.25) is 0 Å². The molecule has 6 heteroatoms. The molecule has 1 fully saturated rings. The molecule has 0 aliphatic heterocycles. The van der Waals surface area contributed by atoms with E-state index in [0.29, 0.717) is 17.1 Å². The van der Waals surface area contributed by atoms with Crippen LogP contribution in [-0.4, -0.2) is 34.6 Å². The molecule has 2 aromatic rings. The van der Waals surface area contributed by atoms with Crippen LogP contribution in [0.1, 0.15) is 67.1 Å². The molecule has 3 rings (SSSR count). The Morgan fingerprint density at radius 3 is 2.69 bits per heavy atom. The maximum Gasteiger partial charge on any atom is 0.258 e.